The molecule has 3 heteroatoms. The van der Waals surface area contributed by atoms with Gasteiger partial charge in [-0.2, -0.15) is 0 Å². The SMILES string of the molecule is Cc1ccc(C)c(Oc2ccncc2CCl)c1C. The van der Waals surface area contributed by atoms with Gasteiger partial charge in [0.25, 0.3) is 0 Å². The molecule has 2 aromatic rings. The van der Waals surface area contributed by atoms with Gasteiger partial charge in [-0.15, -0.1) is 11.6 Å². The molecule has 0 atom stereocenters. The van der Waals surface area contributed by atoms with E-state index in [0.29, 0.717) is 5.88 Å². The summed E-state index contributed by atoms with van der Waals surface area (Å²) in [6.45, 7) is 6.19. The van der Waals surface area contributed by atoms with Gasteiger partial charge in [0.15, 0.2) is 0 Å². The van der Waals surface area contributed by atoms with E-state index in [9.17, 15) is 0 Å². The Morgan fingerprint density at radius 1 is 1.11 bits per heavy atom. The normalized spacial score (nSPS) is 10.4. The first-order valence-corrected chi connectivity index (χ1v) is 6.40. The third-order valence-corrected chi connectivity index (χ3v) is 3.38. The highest BCUT2D eigenvalue weighted by atomic mass is 35.5. The van der Waals surface area contributed by atoms with Crippen molar-refractivity contribution < 1.29 is 4.74 Å². The minimum atomic E-state index is 0.396. The minimum absolute atomic E-state index is 0.396. The predicted octanol–water partition coefficient (Wildman–Crippen LogP) is 4.54. The fourth-order valence-corrected chi connectivity index (χ4v) is 2.01. The van der Waals surface area contributed by atoms with Crippen LogP contribution in [0.25, 0.3) is 0 Å². The summed E-state index contributed by atoms with van der Waals surface area (Å²) in [5, 5.41) is 0. The molecule has 0 amide bonds. The summed E-state index contributed by atoms with van der Waals surface area (Å²) in [5.41, 5.74) is 4.40. The van der Waals surface area contributed by atoms with Crippen molar-refractivity contribution in [1.82, 2.24) is 4.98 Å². The second-order valence-corrected chi connectivity index (χ2v) is 4.64. The molecule has 0 unspecified atom stereocenters. The standard InChI is InChI=1S/C15H16ClNO/c1-10-4-5-11(2)15(12(10)3)18-14-6-7-17-9-13(14)8-16/h4-7,9H,8H2,1-3H3. The summed E-state index contributed by atoms with van der Waals surface area (Å²) in [6, 6.07) is 6.02. The second kappa shape index (κ2) is 5.40. The Hall–Kier alpha value is -1.54. The van der Waals surface area contributed by atoms with Crippen LogP contribution in [0.15, 0.2) is 30.6 Å². The van der Waals surface area contributed by atoms with Gasteiger partial charge < -0.3 is 4.74 Å². The number of halogens is 1. The molecule has 0 saturated carbocycles. The average molecular weight is 262 g/mol. The summed E-state index contributed by atoms with van der Waals surface area (Å²) in [7, 11) is 0. The zero-order chi connectivity index (χ0) is 13.1. The Labute approximate surface area is 113 Å². The molecule has 0 aliphatic heterocycles. The fraction of sp³-hybridized carbons (Fsp3) is 0.267. The number of hydrogen-bond donors (Lipinski definition) is 0. The highest BCUT2D eigenvalue weighted by Crippen LogP contribution is 2.32. The van der Waals surface area contributed by atoms with E-state index >= 15 is 0 Å². The molecule has 1 aromatic heterocycles. The summed E-state index contributed by atoms with van der Waals surface area (Å²) >= 11 is 5.89. The van der Waals surface area contributed by atoms with E-state index in [4.69, 9.17) is 16.3 Å². The number of rotatable bonds is 3. The molecule has 1 aromatic carbocycles. The van der Waals surface area contributed by atoms with Crippen LogP contribution in [0.4, 0.5) is 0 Å². The molecular weight excluding hydrogens is 246 g/mol. The zero-order valence-electron chi connectivity index (χ0n) is 10.8. The third-order valence-electron chi connectivity index (χ3n) is 3.09. The molecular formula is C15H16ClNO. The monoisotopic (exact) mass is 261 g/mol. The van der Waals surface area contributed by atoms with Crippen molar-refractivity contribution in [3.63, 3.8) is 0 Å². The van der Waals surface area contributed by atoms with Crippen molar-refractivity contribution in [1.29, 1.82) is 0 Å². The van der Waals surface area contributed by atoms with E-state index in [-0.39, 0.29) is 0 Å². The highest BCUT2D eigenvalue weighted by Gasteiger charge is 2.10. The van der Waals surface area contributed by atoms with Gasteiger partial charge in [-0.25, -0.2) is 0 Å². The maximum Gasteiger partial charge on any atom is 0.134 e. The van der Waals surface area contributed by atoms with Gasteiger partial charge in [0.2, 0.25) is 0 Å². The van der Waals surface area contributed by atoms with E-state index in [2.05, 4.69) is 31.0 Å². The molecule has 2 rings (SSSR count). The van der Waals surface area contributed by atoms with Crippen LogP contribution in [0, 0.1) is 20.8 Å². The lowest BCUT2D eigenvalue weighted by Crippen LogP contribution is -1.96. The molecule has 0 N–H and O–H groups in total. The van der Waals surface area contributed by atoms with Crippen molar-refractivity contribution >= 4 is 11.6 Å². The number of aromatic nitrogens is 1. The average Bonchev–Trinajstić information content (AvgIpc) is 2.39. The largest absolute Gasteiger partial charge is 0.456 e. The van der Waals surface area contributed by atoms with Crippen LogP contribution < -0.4 is 4.74 Å². The lowest BCUT2D eigenvalue weighted by atomic mass is 10.1. The first-order chi connectivity index (χ1) is 8.63. The number of aryl methyl sites for hydroxylation is 2. The topological polar surface area (TPSA) is 22.1 Å². The number of ether oxygens (including phenoxy) is 1. The van der Waals surface area contributed by atoms with Crippen LogP contribution in [0.2, 0.25) is 0 Å². The Morgan fingerprint density at radius 3 is 2.56 bits per heavy atom. The first-order valence-electron chi connectivity index (χ1n) is 5.87. The van der Waals surface area contributed by atoms with Crippen LogP contribution >= 0.6 is 11.6 Å². The van der Waals surface area contributed by atoms with Crippen LogP contribution in [0.1, 0.15) is 22.3 Å². The second-order valence-electron chi connectivity index (χ2n) is 4.37. The van der Waals surface area contributed by atoms with Crippen LogP contribution in [0.5, 0.6) is 11.5 Å². The smallest absolute Gasteiger partial charge is 0.134 e. The van der Waals surface area contributed by atoms with Crippen molar-refractivity contribution in [2.45, 2.75) is 26.7 Å². The Morgan fingerprint density at radius 2 is 1.83 bits per heavy atom. The third kappa shape index (κ3) is 2.49. The van der Waals surface area contributed by atoms with Gasteiger partial charge in [0, 0.05) is 18.0 Å². The van der Waals surface area contributed by atoms with E-state index in [1.807, 2.05) is 13.0 Å². The number of pyridine rings is 1. The van der Waals surface area contributed by atoms with Gasteiger partial charge in [-0.3, -0.25) is 4.98 Å². The molecule has 94 valence electrons. The number of nitrogens with zero attached hydrogens (tertiary/aromatic N) is 1. The predicted molar refractivity (Wildman–Crippen MR) is 74.5 cm³/mol. The van der Waals surface area contributed by atoms with Crippen LogP contribution in [-0.4, -0.2) is 4.98 Å². The van der Waals surface area contributed by atoms with Crippen molar-refractivity contribution in [3.8, 4) is 11.5 Å². The molecule has 2 nitrogen and oxygen atoms in total. The lowest BCUT2D eigenvalue weighted by Gasteiger charge is -2.15. The number of hydrogen-bond acceptors (Lipinski definition) is 2. The first kappa shape index (κ1) is 12.9. The van der Waals surface area contributed by atoms with Crippen molar-refractivity contribution in [2.24, 2.45) is 0 Å². The molecule has 1 heterocycles. The summed E-state index contributed by atoms with van der Waals surface area (Å²) in [5.74, 6) is 2.08. The summed E-state index contributed by atoms with van der Waals surface area (Å²) < 4.78 is 6.02. The van der Waals surface area contributed by atoms with Gasteiger partial charge in [-0.1, -0.05) is 12.1 Å². The molecule has 0 fully saturated rings. The van der Waals surface area contributed by atoms with E-state index in [0.717, 1.165) is 28.2 Å². The van der Waals surface area contributed by atoms with Gasteiger partial charge in [0.1, 0.15) is 11.5 Å². The molecule has 0 aliphatic rings. The minimum Gasteiger partial charge on any atom is -0.456 e. The maximum atomic E-state index is 6.02. The van der Waals surface area contributed by atoms with Crippen molar-refractivity contribution in [2.75, 3.05) is 0 Å². The van der Waals surface area contributed by atoms with E-state index in [1.54, 1.807) is 12.4 Å². The van der Waals surface area contributed by atoms with E-state index < -0.39 is 0 Å². The molecule has 0 aliphatic carbocycles. The number of benzene rings is 1. The van der Waals surface area contributed by atoms with Crippen LogP contribution in [0.3, 0.4) is 0 Å². The Bertz CT molecular complexity index is 566. The lowest BCUT2D eigenvalue weighted by molar-refractivity contribution is 0.469. The number of alkyl halides is 1. The summed E-state index contributed by atoms with van der Waals surface area (Å²) in [6.07, 6.45) is 3.45. The van der Waals surface area contributed by atoms with Crippen molar-refractivity contribution in [3.05, 3.63) is 52.8 Å². The van der Waals surface area contributed by atoms with Crippen LogP contribution in [-0.2, 0) is 5.88 Å². The molecule has 18 heavy (non-hydrogen) atoms. The molecule has 0 radical (unpaired) electrons. The molecule has 0 saturated heterocycles. The highest BCUT2D eigenvalue weighted by molar-refractivity contribution is 6.17. The quantitative estimate of drug-likeness (QED) is 0.757. The Kier molecular flexibility index (Phi) is 3.87. The fourth-order valence-electron chi connectivity index (χ4n) is 1.81. The van der Waals surface area contributed by atoms with E-state index in [1.165, 1.54) is 5.56 Å². The van der Waals surface area contributed by atoms with Gasteiger partial charge in [-0.05, 0) is 43.5 Å². The molecule has 0 bridgehead atoms. The Balaban J connectivity index is 2.43. The van der Waals surface area contributed by atoms with Gasteiger partial charge >= 0.3 is 0 Å². The molecule has 0 spiro atoms. The summed E-state index contributed by atoms with van der Waals surface area (Å²) in [4.78, 5) is 4.06. The maximum absolute atomic E-state index is 6.02. The zero-order valence-corrected chi connectivity index (χ0v) is 11.6. The van der Waals surface area contributed by atoms with Gasteiger partial charge in [0.05, 0.1) is 5.88 Å².